The first-order valence-electron chi connectivity index (χ1n) is 9.67. The molecule has 2 aliphatic rings. The molecule has 0 bridgehead atoms. The maximum Gasteiger partial charge on any atom is 0.245 e. The minimum atomic E-state index is -0.0975. The van der Waals surface area contributed by atoms with E-state index in [1.807, 2.05) is 11.0 Å². The van der Waals surface area contributed by atoms with E-state index in [9.17, 15) is 4.79 Å². The number of carbonyl (C=O) groups is 1. The first-order valence-corrected chi connectivity index (χ1v) is 9.67. The van der Waals surface area contributed by atoms with Gasteiger partial charge < -0.3 is 14.7 Å². The van der Waals surface area contributed by atoms with Crippen LogP contribution in [0.3, 0.4) is 0 Å². The predicted molar refractivity (Wildman–Crippen MR) is 107 cm³/mol. The van der Waals surface area contributed by atoms with Crippen LogP contribution in [-0.2, 0) is 11.2 Å². The van der Waals surface area contributed by atoms with Crippen LogP contribution < -0.4 is 9.80 Å². The second-order valence-electron chi connectivity index (χ2n) is 7.25. The molecule has 1 amide bonds. The van der Waals surface area contributed by atoms with E-state index < -0.39 is 0 Å². The molecule has 0 saturated carbocycles. The fourth-order valence-electron chi connectivity index (χ4n) is 4.19. The summed E-state index contributed by atoms with van der Waals surface area (Å²) in [4.78, 5) is 19.8. The molecule has 0 radical (unpaired) electrons. The molecule has 0 aromatic heterocycles. The van der Waals surface area contributed by atoms with Gasteiger partial charge in [-0.05, 0) is 43.5 Å². The maximum atomic E-state index is 13.1. The Labute approximate surface area is 156 Å². The molecule has 1 fully saturated rings. The first-order chi connectivity index (χ1) is 12.7. The monoisotopic (exact) mass is 349 g/mol. The van der Waals surface area contributed by atoms with Crippen molar-refractivity contribution < 1.29 is 4.79 Å². The van der Waals surface area contributed by atoms with Gasteiger partial charge in [0.05, 0.1) is 0 Å². The average Bonchev–Trinajstić information content (AvgIpc) is 2.73. The summed E-state index contributed by atoms with van der Waals surface area (Å²) in [5.41, 5.74) is 3.85. The van der Waals surface area contributed by atoms with E-state index in [2.05, 4.69) is 65.3 Å². The van der Waals surface area contributed by atoms with Crippen molar-refractivity contribution in [3.63, 3.8) is 0 Å². The highest BCUT2D eigenvalue weighted by molar-refractivity contribution is 5.85. The first kappa shape index (κ1) is 17.0. The standard InChI is InChI=1S/C22H27N3O/c1-18(25-13-7-9-19-8-5-6-12-21(19)25)22(26)24-16-14-23(15-17-24)20-10-3-2-4-11-20/h2-6,8,10-12,18H,7,9,13-17H2,1H3/t18-/m0/s1. The second-order valence-corrected chi connectivity index (χ2v) is 7.25. The molecular formula is C22H27N3O. The van der Waals surface area contributed by atoms with Gasteiger partial charge in [0.25, 0.3) is 0 Å². The van der Waals surface area contributed by atoms with Crippen molar-refractivity contribution in [3.05, 3.63) is 60.2 Å². The van der Waals surface area contributed by atoms with Gasteiger partial charge in [-0.2, -0.15) is 0 Å². The Hall–Kier alpha value is -2.49. The highest BCUT2D eigenvalue weighted by Gasteiger charge is 2.30. The van der Waals surface area contributed by atoms with Crippen molar-refractivity contribution in [2.75, 3.05) is 42.5 Å². The van der Waals surface area contributed by atoms with Gasteiger partial charge >= 0.3 is 0 Å². The summed E-state index contributed by atoms with van der Waals surface area (Å²) >= 11 is 0. The number of aryl methyl sites for hydroxylation is 1. The van der Waals surface area contributed by atoms with Gasteiger partial charge in [0.2, 0.25) is 5.91 Å². The smallest absolute Gasteiger partial charge is 0.245 e. The number of rotatable bonds is 3. The average molecular weight is 349 g/mol. The number of anilines is 2. The summed E-state index contributed by atoms with van der Waals surface area (Å²) in [5, 5.41) is 0. The Bertz CT molecular complexity index is 753. The molecule has 2 aromatic rings. The van der Waals surface area contributed by atoms with Crippen molar-refractivity contribution in [3.8, 4) is 0 Å². The van der Waals surface area contributed by atoms with Crippen molar-refractivity contribution in [1.82, 2.24) is 4.90 Å². The van der Waals surface area contributed by atoms with Gasteiger partial charge in [0, 0.05) is 44.1 Å². The van der Waals surface area contributed by atoms with E-state index in [1.165, 1.54) is 16.9 Å². The lowest BCUT2D eigenvalue weighted by molar-refractivity contribution is -0.132. The molecule has 0 N–H and O–H groups in total. The van der Waals surface area contributed by atoms with Crippen molar-refractivity contribution in [1.29, 1.82) is 0 Å². The Morgan fingerprint density at radius 2 is 1.58 bits per heavy atom. The molecule has 0 aliphatic carbocycles. The van der Waals surface area contributed by atoms with Crippen LogP contribution in [0.5, 0.6) is 0 Å². The molecule has 1 saturated heterocycles. The molecule has 4 rings (SSSR count). The molecule has 2 heterocycles. The fraction of sp³-hybridized carbons (Fsp3) is 0.409. The number of nitrogens with zero attached hydrogens (tertiary/aromatic N) is 3. The minimum absolute atomic E-state index is 0.0975. The van der Waals surface area contributed by atoms with Crippen molar-refractivity contribution in [2.24, 2.45) is 0 Å². The van der Waals surface area contributed by atoms with E-state index >= 15 is 0 Å². The number of fused-ring (bicyclic) bond motifs is 1. The molecule has 136 valence electrons. The largest absolute Gasteiger partial charge is 0.368 e. The number of carbonyl (C=O) groups excluding carboxylic acids is 1. The highest BCUT2D eigenvalue weighted by Crippen LogP contribution is 2.29. The Kier molecular flexibility index (Phi) is 4.83. The van der Waals surface area contributed by atoms with Crippen LogP contribution in [0.25, 0.3) is 0 Å². The lowest BCUT2D eigenvalue weighted by Crippen LogP contribution is -2.55. The zero-order valence-electron chi connectivity index (χ0n) is 15.5. The van der Waals surface area contributed by atoms with Crippen molar-refractivity contribution in [2.45, 2.75) is 25.8 Å². The van der Waals surface area contributed by atoms with Gasteiger partial charge in [0.15, 0.2) is 0 Å². The van der Waals surface area contributed by atoms with Crippen LogP contribution in [0.4, 0.5) is 11.4 Å². The topological polar surface area (TPSA) is 26.8 Å². The summed E-state index contributed by atoms with van der Waals surface area (Å²) in [6.45, 7) is 6.43. The lowest BCUT2D eigenvalue weighted by atomic mass is 10.00. The zero-order chi connectivity index (χ0) is 17.9. The van der Waals surface area contributed by atoms with Gasteiger partial charge in [-0.1, -0.05) is 36.4 Å². The SMILES string of the molecule is C[C@@H](C(=O)N1CCN(c2ccccc2)CC1)N1CCCc2ccccc21. The van der Waals surface area contributed by atoms with Crippen LogP contribution in [0, 0.1) is 0 Å². The van der Waals surface area contributed by atoms with Crippen LogP contribution in [0.15, 0.2) is 54.6 Å². The maximum absolute atomic E-state index is 13.1. The molecule has 0 spiro atoms. The van der Waals surface area contributed by atoms with E-state index in [0.717, 1.165) is 45.6 Å². The number of hydrogen-bond acceptors (Lipinski definition) is 3. The summed E-state index contributed by atoms with van der Waals surface area (Å²) in [5.74, 6) is 0.259. The number of hydrogen-bond donors (Lipinski definition) is 0. The normalized spacial score (nSPS) is 18.4. The predicted octanol–water partition coefficient (Wildman–Crippen LogP) is 3.18. The van der Waals surface area contributed by atoms with Gasteiger partial charge in [-0.15, -0.1) is 0 Å². The van der Waals surface area contributed by atoms with Crippen molar-refractivity contribution >= 4 is 17.3 Å². The van der Waals surface area contributed by atoms with E-state index in [-0.39, 0.29) is 11.9 Å². The van der Waals surface area contributed by atoms with Crippen LogP contribution in [0.2, 0.25) is 0 Å². The van der Waals surface area contributed by atoms with Gasteiger partial charge in [-0.3, -0.25) is 4.79 Å². The molecule has 4 nitrogen and oxygen atoms in total. The Balaban J connectivity index is 1.41. The van der Waals surface area contributed by atoms with Gasteiger partial charge in [-0.25, -0.2) is 0 Å². The number of piperazine rings is 1. The second kappa shape index (κ2) is 7.40. The molecule has 1 atom stereocenters. The molecule has 4 heteroatoms. The molecule has 2 aliphatic heterocycles. The van der Waals surface area contributed by atoms with Crippen LogP contribution >= 0.6 is 0 Å². The third-order valence-electron chi connectivity index (χ3n) is 5.68. The summed E-state index contributed by atoms with van der Waals surface area (Å²) in [6, 6.07) is 18.9. The third-order valence-corrected chi connectivity index (χ3v) is 5.68. The number of amides is 1. The highest BCUT2D eigenvalue weighted by atomic mass is 16.2. The minimum Gasteiger partial charge on any atom is -0.368 e. The quantitative estimate of drug-likeness (QED) is 0.852. The molecular weight excluding hydrogens is 322 g/mol. The lowest BCUT2D eigenvalue weighted by Gasteiger charge is -2.41. The van der Waals surface area contributed by atoms with E-state index in [4.69, 9.17) is 0 Å². The molecule has 0 unspecified atom stereocenters. The Morgan fingerprint density at radius 3 is 2.35 bits per heavy atom. The fourth-order valence-corrected chi connectivity index (χ4v) is 4.19. The van der Waals surface area contributed by atoms with Crippen LogP contribution in [0.1, 0.15) is 18.9 Å². The molecule has 26 heavy (non-hydrogen) atoms. The number of para-hydroxylation sites is 2. The van der Waals surface area contributed by atoms with Crippen LogP contribution in [-0.4, -0.2) is 49.6 Å². The van der Waals surface area contributed by atoms with E-state index in [1.54, 1.807) is 0 Å². The third kappa shape index (κ3) is 3.28. The summed E-state index contributed by atoms with van der Waals surface area (Å²) in [7, 11) is 0. The summed E-state index contributed by atoms with van der Waals surface area (Å²) < 4.78 is 0. The molecule has 2 aromatic carbocycles. The Morgan fingerprint density at radius 1 is 0.885 bits per heavy atom. The van der Waals surface area contributed by atoms with E-state index in [0.29, 0.717) is 0 Å². The zero-order valence-corrected chi connectivity index (χ0v) is 15.5. The van der Waals surface area contributed by atoms with Gasteiger partial charge in [0.1, 0.15) is 6.04 Å². The summed E-state index contributed by atoms with van der Waals surface area (Å²) in [6.07, 6.45) is 2.24. The number of benzene rings is 2.